The predicted octanol–water partition coefficient (Wildman–Crippen LogP) is 3.27. The third kappa shape index (κ3) is 4.83. The van der Waals surface area contributed by atoms with Crippen molar-refractivity contribution in [2.24, 2.45) is 11.7 Å². The van der Waals surface area contributed by atoms with E-state index in [4.69, 9.17) is 28.9 Å². The Kier molecular flexibility index (Phi) is 6.33. The molecule has 5 heteroatoms. The lowest BCUT2D eigenvalue weighted by molar-refractivity contribution is 0.151. The first-order valence-corrected chi connectivity index (χ1v) is 8.30. The molecule has 2 rings (SSSR count). The molecule has 0 spiro atoms. The lowest BCUT2D eigenvalue weighted by atomic mass is 9.95. The highest BCUT2D eigenvalue weighted by molar-refractivity contribution is 6.34. The minimum Gasteiger partial charge on any atom is -0.329 e. The number of nitrogens with two attached hydrogens (primary N) is 1. The van der Waals surface area contributed by atoms with E-state index < -0.39 is 0 Å². The molecule has 1 unspecified atom stereocenters. The van der Waals surface area contributed by atoms with Crippen molar-refractivity contribution in [1.82, 2.24) is 9.80 Å². The first-order chi connectivity index (χ1) is 9.99. The van der Waals surface area contributed by atoms with Crippen molar-refractivity contribution in [3.05, 3.63) is 33.8 Å². The first kappa shape index (κ1) is 17.0. The third-order valence-electron chi connectivity index (χ3n) is 4.41. The fourth-order valence-corrected chi connectivity index (χ4v) is 3.66. The van der Waals surface area contributed by atoms with Crippen LogP contribution in [0.4, 0.5) is 0 Å². The number of rotatable bonds is 5. The van der Waals surface area contributed by atoms with Crippen molar-refractivity contribution in [2.45, 2.75) is 18.9 Å². The Balaban J connectivity index is 2.02. The highest BCUT2D eigenvalue weighted by atomic mass is 35.5. The van der Waals surface area contributed by atoms with Crippen molar-refractivity contribution < 1.29 is 0 Å². The summed E-state index contributed by atoms with van der Waals surface area (Å²) in [5, 5.41) is 1.34. The molecule has 1 heterocycles. The van der Waals surface area contributed by atoms with Crippen molar-refractivity contribution in [3.63, 3.8) is 0 Å². The highest BCUT2D eigenvalue weighted by Gasteiger charge is 2.22. The minimum atomic E-state index is 0.167. The molecule has 0 aliphatic carbocycles. The lowest BCUT2D eigenvalue weighted by Crippen LogP contribution is -2.38. The fourth-order valence-electron chi connectivity index (χ4n) is 3.12. The van der Waals surface area contributed by atoms with Gasteiger partial charge in [-0.3, -0.25) is 4.90 Å². The minimum absolute atomic E-state index is 0.167. The number of likely N-dealkylation sites (N-methyl/N-ethyl adjacent to an activating group) is 1. The van der Waals surface area contributed by atoms with Crippen LogP contribution in [0, 0.1) is 5.92 Å². The van der Waals surface area contributed by atoms with E-state index in [2.05, 4.69) is 23.9 Å². The van der Waals surface area contributed by atoms with Gasteiger partial charge in [0.1, 0.15) is 0 Å². The second-order valence-electron chi connectivity index (χ2n) is 6.14. The van der Waals surface area contributed by atoms with Gasteiger partial charge >= 0.3 is 0 Å². The standard InChI is InChI=1S/C16H25Cl2N3/c1-20-5-3-12(4-6-20)11-21(2)16(10-19)13-7-14(17)9-15(18)8-13/h7-9,12,16H,3-6,10-11,19H2,1-2H3. The molecular formula is C16H25Cl2N3. The highest BCUT2D eigenvalue weighted by Crippen LogP contribution is 2.27. The van der Waals surface area contributed by atoms with E-state index in [1.807, 2.05) is 12.1 Å². The molecule has 1 aliphatic heterocycles. The molecule has 0 amide bonds. The van der Waals surface area contributed by atoms with Gasteiger partial charge in [-0.1, -0.05) is 23.2 Å². The van der Waals surface area contributed by atoms with Crippen LogP contribution in [0.2, 0.25) is 10.0 Å². The number of nitrogens with zero attached hydrogens (tertiary/aromatic N) is 2. The second kappa shape index (κ2) is 7.80. The summed E-state index contributed by atoms with van der Waals surface area (Å²) in [5.41, 5.74) is 7.10. The Hall–Kier alpha value is -0.320. The molecule has 1 aliphatic rings. The van der Waals surface area contributed by atoms with Gasteiger partial charge in [0.2, 0.25) is 0 Å². The molecule has 21 heavy (non-hydrogen) atoms. The zero-order valence-corrected chi connectivity index (χ0v) is 14.4. The molecule has 0 aromatic heterocycles. The van der Waals surface area contributed by atoms with E-state index in [1.165, 1.54) is 25.9 Å². The van der Waals surface area contributed by atoms with Crippen LogP contribution in [0.5, 0.6) is 0 Å². The smallest absolute Gasteiger partial charge is 0.0468 e. The molecule has 1 saturated heterocycles. The van der Waals surface area contributed by atoms with Gasteiger partial charge in [0.25, 0.3) is 0 Å². The Labute approximate surface area is 138 Å². The Morgan fingerprint density at radius 2 is 1.81 bits per heavy atom. The van der Waals surface area contributed by atoms with Crippen LogP contribution in [0.15, 0.2) is 18.2 Å². The van der Waals surface area contributed by atoms with E-state index in [0.29, 0.717) is 16.6 Å². The van der Waals surface area contributed by atoms with Crippen LogP contribution in [-0.2, 0) is 0 Å². The molecule has 1 aromatic rings. The Morgan fingerprint density at radius 1 is 1.24 bits per heavy atom. The summed E-state index contributed by atoms with van der Waals surface area (Å²) in [4.78, 5) is 4.74. The maximum absolute atomic E-state index is 6.11. The van der Waals surface area contributed by atoms with Gasteiger partial charge in [0.05, 0.1) is 0 Å². The monoisotopic (exact) mass is 329 g/mol. The van der Waals surface area contributed by atoms with Crippen molar-refractivity contribution in [3.8, 4) is 0 Å². The van der Waals surface area contributed by atoms with Gasteiger partial charge in [-0.2, -0.15) is 0 Å². The molecule has 2 N–H and O–H groups in total. The summed E-state index contributed by atoms with van der Waals surface area (Å²) in [6.07, 6.45) is 2.52. The molecule has 3 nitrogen and oxygen atoms in total. The number of halogens is 2. The average Bonchev–Trinajstić information content (AvgIpc) is 2.41. The van der Waals surface area contributed by atoms with Gasteiger partial charge in [0, 0.05) is 29.2 Å². The molecule has 1 aromatic carbocycles. The zero-order chi connectivity index (χ0) is 15.4. The van der Waals surface area contributed by atoms with Gasteiger partial charge in [0.15, 0.2) is 0 Å². The average molecular weight is 330 g/mol. The maximum Gasteiger partial charge on any atom is 0.0468 e. The zero-order valence-electron chi connectivity index (χ0n) is 12.9. The van der Waals surface area contributed by atoms with Crippen LogP contribution in [-0.4, -0.2) is 50.1 Å². The Morgan fingerprint density at radius 3 is 2.33 bits per heavy atom. The fraction of sp³-hybridized carbons (Fsp3) is 0.625. The first-order valence-electron chi connectivity index (χ1n) is 7.54. The van der Waals surface area contributed by atoms with E-state index in [9.17, 15) is 0 Å². The van der Waals surface area contributed by atoms with Crippen molar-refractivity contribution in [2.75, 3.05) is 40.3 Å². The van der Waals surface area contributed by atoms with E-state index in [1.54, 1.807) is 6.07 Å². The second-order valence-corrected chi connectivity index (χ2v) is 7.01. The van der Waals surface area contributed by atoms with Gasteiger partial charge < -0.3 is 10.6 Å². The van der Waals surface area contributed by atoms with E-state index in [-0.39, 0.29) is 6.04 Å². The van der Waals surface area contributed by atoms with E-state index >= 15 is 0 Å². The summed E-state index contributed by atoms with van der Waals surface area (Å²) in [7, 11) is 4.33. The van der Waals surface area contributed by atoms with Gasteiger partial charge in [-0.25, -0.2) is 0 Å². The third-order valence-corrected chi connectivity index (χ3v) is 4.85. The van der Waals surface area contributed by atoms with E-state index in [0.717, 1.165) is 18.0 Å². The summed E-state index contributed by atoms with van der Waals surface area (Å²) in [5.74, 6) is 0.745. The topological polar surface area (TPSA) is 32.5 Å². The Bertz CT molecular complexity index is 439. The normalized spacial score (nSPS) is 19.1. The predicted molar refractivity (Wildman–Crippen MR) is 91.1 cm³/mol. The molecular weight excluding hydrogens is 305 g/mol. The summed E-state index contributed by atoms with van der Waals surface area (Å²) in [6, 6.07) is 5.87. The molecule has 1 fully saturated rings. The van der Waals surface area contributed by atoms with Crippen LogP contribution < -0.4 is 5.73 Å². The number of hydrogen-bond donors (Lipinski definition) is 1. The SMILES string of the molecule is CN1CCC(CN(C)C(CN)c2cc(Cl)cc(Cl)c2)CC1. The molecule has 0 bridgehead atoms. The number of likely N-dealkylation sites (tertiary alicyclic amines) is 1. The quantitative estimate of drug-likeness (QED) is 0.899. The molecule has 1 atom stereocenters. The number of benzene rings is 1. The molecule has 0 saturated carbocycles. The van der Waals surface area contributed by atoms with Gasteiger partial charge in [-0.15, -0.1) is 0 Å². The van der Waals surface area contributed by atoms with Crippen LogP contribution in [0.3, 0.4) is 0 Å². The van der Waals surface area contributed by atoms with Gasteiger partial charge in [-0.05, 0) is 69.7 Å². The summed E-state index contributed by atoms with van der Waals surface area (Å²) < 4.78 is 0. The molecule has 118 valence electrons. The van der Waals surface area contributed by atoms with Crippen LogP contribution in [0.1, 0.15) is 24.4 Å². The summed E-state index contributed by atoms with van der Waals surface area (Å²) >= 11 is 12.2. The lowest BCUT2D eigenvalue weighted by Gasteiger charge is -2.35. The molecule has 0 radical (unpaired) electrons. The largest absolute Gasteiger partial charge is 0.329 e. The van der Waals surface area contributed by atoms with Crippen LogP contribution >= 0.6 is 23.2 Å². The number of hydrogen-bond acceptors (Lipinski definition) is 3. The maximum atomic E-state index is 6.11. The summed E-state index contributed by atoms with van der Waals surface area (Å²) in [6.45, 7) is 4.02. The van der Waals surface area contributed by atoms with Crippen LogP contribution in [0.25, 0.3) is 0 Å². The van der Waals surface area contributed by atoms with Crippen molar-refractivity contribution in [1.29, 1.82) is 0 Å². The number of piperidine rings is 1. The van der Waals surface area contributed by atoms with Crippen molar-refractivity contribution >= 4 is 23.2 Å².